The number of hydrogen-bond donors (Lipinski definition) is 1. The molecule has 1 aromatic carbocycles. The molecule has 1 unspecified atom stereocenters. The van der Waals surface area contributed by atoms with E-state index in [-0.39, 0.29) is 0 Å². The number of likely N-dealkylation sites (tertiary alicyclic amines) is 1. The molecule has 0 aromatic heterocycles. The van der Waals surface area contributed by atoms with Gasteiger partial charge in [-0.1, -0.05) is 6.07 Å². The van der Waals surface area contributed by atoms with Gasteiger partial charge in [0.2, 0.25) is 0 Å². The maximum Gasteiger partial charge on any atom is 0.0388 e. The van der Waals surface area contributed by atoms with Gasteiger partial charge in [-0.3, -0.25) is 0 Å². The van der Waals surface area contributed by atoms with Gasteiger partial charge in [0.1, 0.15) is 0 Å². The summed E-state index contributed by atoms with van der Waals surface area (Å²) in [6.07, 6.45) is 2.57. The van der Waals surface area contributed by atoms with Gasteiger partial charge in [-0.2, -0.15) is 0 Å². The number of hydrogen-bond acceptors (Lipinski definition) is 3. The van der Waals surface area contributed by atoms with E-state index in [9.17, 15) is 0 Å². The molecule has 0 saturated carbocycles. The molecule has 0 radical (unpaired) electrons. The second-order valence-corrected chi connectivity index (χ2v) is 5.19. The molecule has 0 aliphatic carbocycles. The summed E-state index contributed by atoms with van der Waals surface area (Å²) in [4.78, 5) is 4.54. The van der Waals surface area contributed by atoms with Gasteiger partial charge in [0.15, 0.2) is 0 Å². The van der Waals surface area contributed by atoms with E-state index < -0.39 is 0 Å². The summed E-state index contributed by atoms with van der Waals surface area (Å²) < 4.78 is 0. The van der Waals surface area contributed by atoms with E-state index in [4.69, 9.17) is 0 Å². The van der Waals surface area contributed by atoms with Gasteiger partial charge in [0.25, 0.3) is 0 Å². The van der Waals surface area contributed by atoms with Crippen molar-refractivity contribution >= 4 is 11.4 Å². The molecular weight excluding hydrogens is 210 g/mol. The highest BCUT2D eigenvalue weighted by molar-refractivity contribution is 5.57. The van der Waals surface area contributed by atoms with Gasteiger partial charge in [0, 0.05) is 38.1 Å². The van der Waals surface area contributed by atoms with Gasteiger partial charge in [-0.05, 0) is 44.6 Å². The fraction of sp³-hybridized carbons (Fsp3) is 0.571. The number of benzene rings is 1. The van der Waals surface area contributed by atoms with Crippen molar-refractivity contribution in [3.63, 3.8) is 0 Å². The summed E-state index contributed by atoms with van der Waals surface area (Å²) in [5.41, 5.74) is 2.48. The third-order valence-electron chi connectivity index (χ3n) is 3.36. The third-order valence-corrected chi connectivity index (χ3v) is 3.36. The first-order valence-electron chi connectivity index (χ1n) is 6.37. The van der Waals surface area contributed by atoms with Crippen LogP contribution in [0.1, 0.15) is 12.8 Å². The SMILES string of the molecule is CN1CCCC(Nc2cccc(N(C)C)c2)C1. The van der Waals surface area contributed by atoms with Crippen molar-refractivity contribution in [2.24, 2.45) is 0 Å². The molecule has 1 heterocycles. The maximum absolute atomic E-state index is 3.64. The first-order valence-corrected chi connectivity index (χ1v) is 6.37. The van der Waals surface area contributed by atoms with Gasteiger partial charge in [-0.15, -0.1) is 0 Å². The molecule has 1 N–H and O–H groups in total. The van der Waals surface area contributed by atoms with Crippen molar-refractivity contribution in [2.45, 2.75) is 18.9 Å². The van der Waals surface area contributed by atoms with Crippen LogP contribution >= 0.6 is 0 Å². The second-order valence-electron chi connectivity index (χ2n) is 5.19. The van der Waals surface area contributed by atoms with E-state index in [1.54, 1.807) is 0 Å². The Bertz CT molecular complexity index is 362. The number of anilines is 2. The summed E-state index contributed by atoms with van der Waals surface area (Å²) in [6, 6.07) is 9.21. The fourth-order valence-electron chi connectivity index (χ4n) is 2.39. The van der Waals surface area contributed by atoms with Gasteiger partial charge < -0.3 is 15.1 Å². The number of rotatable bonds is 3. The molecule has 1 saturated heterocycles. The molecule has 1 aliphatic rings. The van der Waals surface area contributed by atoms with Crippen molar-refractivity contribution in [3.8, 4) is 0 Å². The summed E-state index contributed by atoms with van der Waals surface area (Å²) in [5, 5.41) is 3.64. The van der Waals surface area contributed by atoms with Crippen molar-refractivity contribution in [1.82, 2.24) is 4.90 Å². The highest BCUT2D eigenvalue weighted by Gasteiger charge is 2.16. The van der Waals surface area contributed by atoms with Crippen molar-refractivity contribution < 1.29 is 0 Å². The largest absolute Gasteiger partial charge is 0.381 e. The lowest BCUT2D eigenvalue weighted by atomic mass is 10.1. The molecule has 17 heavy (non-hydrogen) atoms. The Balaban J connectivity index is 2.00. The summed E-state index contributed by atoms with van der Waals surface area (Å²) in [6.45, 7) is 2.38. The molecule has 0 amide bonds. The van der Waals surface area contributed by atoms with E-state index in [2.05, 4.69) is 60.5 Å². The highest BCUT2D eigenvalue weighted by Crippen LogP contribution is 2.20. The summed E-state index contributed by atoms with van der Waals surface area (Å²) >= 11 is 0. The Kier molecular flexibility index (Phi) is 3.89. The molecular formula is C14H23N3. The minimum atomic E-state index is 0.589. The van der Waals surface area contributed by atoms with Crippen LogP contribution in [0.15, 0.2) is 24.3 Å². The molecule has 3 heteroatoms. The maximum atomic E-state index is 3.64. The minimum absolute atomic E-state index is 0.589. The molecule has 2 rings (SSSR count). The third kappa shape index (κ3) is 3.37. The summed E-state index contributed by atoms with van der Waals surface area (Å²) in [7, 11) is 6.35. The molecule has 0 spiro atoms. The van der Waals surface area contributed by atoms with Crippen molar-refractivity contribution in [3.05, 3.63) is 24.3 Å². The minimum Gasteiger partial charge on any atom is -0.381 e. The van der Waals surface area contributed by atoms with Crippen LogP contribution in [-0.4, -0.2) is 45.2 Å². The van der Waals surface area contributed by atoms with Gasteiger partial charge in [0.05, 0.1) is 0 Å². The Labute approximate surface area is 104 Å². The van der Waals surface area contributed by atoms with Crippen LogP contribution in [0.3, 0.4) is 0 Å². The van der Waals surface area contributed by atoms with Crippen LogP contribution in [0.2, 0.25) is 0 Å². The smallest absolute Gasteiger partial charge is 0.0388 e. The Hall–Kier alpha value is -1.22. The van der Waals surface area contributed by atoms with E-state index in [1.165, 1.54) is 30.8 Å². The second kappa shape index (κ2) is 5.41. The zero-order valence-corrected chi connectivity index (χ0v) is 11.1. The predicted octanol–water partition coefficient (Wildman–Crippen LogP) is 2.26. The average molecular weight is 233 g/mol. The first-order chi connectivity index (χ1) is 8.15. The Morgan fingerprint density at radius 3 is 2.88 bits per heavy atom. The lowest BCUT2D eigenvalue weighted by Crippen LogP contribution is -2.39. The average Bonchev–Trinajstić information content (AvgIpc) is 2.29. The fourth-order valence-corrected chi connectivity index (χ4v) is 2.39. The number of likely N-dealkylation sites (N-methyl/N-ethyl adjacent to an activating group) is 1. The van der Waals surface area contributed by atoms with Gasteiger partial charge >= 0.3 is 0 Å². The highest BCUT2D eigenvalue weighted by atomic mass is 15.1. The first kappa shape index (κ1) is 12.2. The molecule has 1 aromatic rings. The van der Waals surface area contributed by atoms with E-state index in [1.807, 2.05) is 0 Å². The quantitative estimate of drug-likeness (QED) is 0.864. The van der Waals surface area contributed by atoms with Crippen LogP contribution in [0.4, 0.5) is 11.4 Å². The topological polar surface area (TPSA) is 18.5 Å². The molecule has 0 bridgehead atoms. The molecule has 1 aliphatic heterocycles. The molecule has 3 nitrogen and oxygen atoms in total. The molecule has 1 fully saturated rings. The monoisotopic (exact) mass is 233 g/mol. The lowest BCUT2D eigenvalue weighted by molar-refractivity contribution is 0.261. The lowest BCUT2D eigenvalue weighted by Gasteiger charge is -2.31. The van der Waals surface area contributed by atoms with Crippen LogP contribution in [-0.2, 0) is 0 Å². The molecule has 94 valence electrons. The van der Waals surface area contributed by atoms with E-state index in [0.717, 1.165) is 6.54 Å². The number of nitrogens with one attached hydrogen (secondary N) is 1. The van der Waals surface area contributed by atoms with Crippen LogP contribution < -0.4 is 10.2 Å². The normalized spacial score (nSPS) is 21.2. The summed E-state index contributed by atoms with van der Waals surface area (Å²) in [5.74, 6) is 0. The van der Waals surface area contributed by atoms with Crippen LogP contribution in [0, 0.1) is 0 Å². The van der Waals surface area contributed by atoms with Crippen molar-refractivity contribution in [2.75, 3.05) is 44.4 Å². The van der Waals surface area contributed by atoms with Gasteiger partial charge in [-0.25, -0.2) is 0 Å². The Morgan fingerprint density at radius 2 is 2.18 bits per heavy atom. The molecule has 1 atom stereocenters. The zero-order valence-electron chi connectivity index (χ0n) is 11.1. The number of piperidine rings is 1. The Morgan fingerprint density at radius 1 is 1.35 bits per heavy atom. The van der Waals surface area contributed by atoms with Crippen molar-refractivity contribution in [1.29, 1.82) is 0 Å². The predicted molar refractivity (Wildman–Crippen MR) is 74.9 cm³/mol. The zero-order chi connectivity index (χ0) is 12.3. The van der Waals surface area contributed by atoms with Crippen LogP contribution in [0.5, 0.6) is 0 Å². The standard InChI is InChI=1S/C14H23N3/c1-16(2)14-8-4-6-12(10-14)15-13-7-5-9-17(3)11-13/h4,6,8,10,13,15H,5,7,9,11H2,1-3H3. The van der Waals surface area contributed by atoms with E-state index >= 15 is 0 Å². The van der Waals surface area contributed by atoms with Crippen LogP contribution in [0.25, 0.3) is 0 Å². The number of nitrogens with zero attached hydrogens (tertiary/aromatic N) is 2. The van der Waals surface area contributed by atoms with E-state index in [0.29, 0.717) is 6.04 Å².